The molecule has 0 aliphatic heterocycles. The Labute approximate surface area is 110 Å². The minimum absolute atomic E-state index is 0.392. The quantitative estimate of drug-likeness (QED) is 0.447. The molecule has 0 bridgehead atoms. The summed E-state index contributed by atoms with van der Waals surface area (Å²) in [5, 5.41) is 9.47. The van der Waals surface area contributed by atoms with Crippen molar-refractivity contribution in [2.24, 2.45) is 5.10 Å². The summed E-state index contributed by atoms with van der Waals surface area (Å²) in [6.07, 6.45) is 1.71. The summed E-state index contributed by atoms with van der Waals surface area (Å²) in [6, 6.07) is 8.05. The lowest BCUT2D eigenvalue weighted by atomic mass is 10.2. The number of aromatic nitrogens is 3. The Morgan fingerprint density at radius 1 is 1.28 bits per heavy atom. The molecule has 2 aromatic rings. The van der Waals surface area contributed by atoms with E-state index in [1.807, 2.05) is 43.3 Å². The SMILES string of the molecule is CN(C)c1ccc(/C=N\Nc2nc(=S)[nH][nH]2)cc1. The third-order valence-electron chi connectivity index (χ3n) is 2.29. The lowest BCUT2D eigenvalue weighted by molar-refractivity contribution is 1.07. The van der Waals surface area contributed by atoms with Crippen LogP contribution < -0.4 is 10.3 Å². The van der Waals surface area contributed by atoms with E-state index in [1.165, 1.54) is 0 Å². The third-order valence-corrected chi connectivity index (χ3v) is 2.49. The first-order valence-electron chi connectivity index (χ1n) is 5.36. The van der Waals surface area contributed by atoms with Gasteiger partial charge < -0.3 is 4.90 Å². The molecule has 0 saturated heterocycles. The van der Waals surface area contributed by atoms with E-state index in [-0.39, 0.29) is 0 Å². The Bertz CT molecular complexity index is 580. The summed E-state index contributed by atoms with van der Waals surface area (Å²) in [5.41, 5.74) is 4.90. The van der Waals surface area contributed by atoms with Gasteiger partial charge in [0.25, 0.3) is 0 Å². The minimum atomic E-state index is 0.392. The lowest BCUT2D eigenvalue weighted by Crippen LogP contribution is -2.08. The molecule has 0 fully saturated rings. The molecule has 6 nitrogen and oxygen atoms in total. The molecular weight excluding hydrogens is 248 g/mol. The molecule has 0 saturated carbocycles. The normalized spacial score (nSPS) is 10.8. The summed E-state index contributed by atoms with van der Waals surface area (Å²) in [4.78, 5) is 6.00. The number of hydrazone groups is 1. The largest absolute Gasteiger partial charge is 0.378 e. The van der Waals surface area contributed by atoms with E-state index < -0.39 is 0 Å². The number of H-pyrrole nitrogens is 2. The Morgan fingerprint density at radius 3 is 2.56 bits per heavy atom. The second-order valence-corrected chi connectivity index (χ2v) is 4.26. The molecule has 0 aliphatic carbocycles. The predicted octanol–water partition coefficient (Wildman–Crippen LogP) is 1.98. The number of benzene rings is 1. The lowest BCUT2D eigenvalue weighted by Gasteiger charge is -2.11. The minimum Gasteiger partial charge on any atom is -0.378 e. The molecule has 7 heteroatoms. The highest BCUT2D eigenvalue weighted by molar-refractivity contribution is 7.71. The van der Waals surface area contributed by atoms with Crippen molar-refractivity contribution in [3.05, 3.63) is 34.6 Å². The number of rotatable bonds is 4. The Balaban J connectivity index is 1.98. The molecule has 1 aromatic carbocycles. The van der Waals surface area contributed by atoms with Crippen LogP contribution in [0.15, 0.2) is 29.4 Å². The zero-order chi connectivity index (χ0) is 13.0. The van der Waals surface area contributed by atoms with Gasteiger partial charge in [-0.1, -0.05) is 12.1 Å². The number of hydrogen-bond acceptors (Lipinski definition) is 5. The van der Waals surface area contributed by atoms with Gasteiger partial charge >= 0.3 is 0 Å². The maximum atomic E-state index is 4.82. The monoisotopic (exact) mass is 262 g/mol. The van der Waals surface area contributed by atoms with E-state index in [2.05, 4.69) is 25.7 Å². The second-order valence-electron chi connectivity index (χ2n) is 3.87. The number of anilines is 2. The van der Waals surface area contributed by atoms with Crippen molar-refractivity contribution in [1.82, 2.24) is 15.2 Å². The van der Waals surface area contributed by atoms with Crippen LogP contribution in [0.3, 0.4) is 0 Å². The van der Waals surface area contributed by atoms with Crippen LogP contribution in [0.5, 0.6) is 0 Å². The van der Waals surface area contributed by atoms with Gasteiger partial charge in [-0.15, -0.1) is 0 Å². The number of nitrogens with zero attached hydrogens (tertiary/aromatic N) is 3. The average Bonchev–Trinajstić information content (AvgIpc) is 2.76. The highest BCUT2D eigenvalue weighted by Gasteiger charge is 1.94. The smallest absolute Gasteiger partial charge is 0.238 e. The maximum absolute atomic E-state index is 4.82. The summed E-state index contributed by atoms with van der Waals surface area (Å²) in [6.45, 7) is 0. The zero-order valence-corrected chi connectivity index (χ0v) is 11.0. The van der Waals surface area contributed by atoms with Crippen LogP contribution in [-0.2, 0) is 0 Å². The van der Waals surface area contributed by atoms with Gasteiger partial charge in [-0.3, -0.25) is 10.2 Å². The van der Waals surface area contributed by atoms with E-state index in [1.54, 1.807) is 6.21 Å². The first kappa shape index (κ1) is 12.3. The van der Waals surface area contributed by atoms with Crippen molar-refractivity contribution in [2.45, 2.75) is 0 Å². The van der Waals surface area contributed by atoms with E-state index in [0.29, 0.717) is 10.7 Å². The van der Waals surface area contributed by atoms with E-state index in [9.17, 15) is 0 Å². The molecule has 0 unspecified atom stereocenters. The van der Waals surface area contributed by atoms with E-state index in [0.717, 1.165) is 11.3 Å². The van der Waals surface area contributed by atoms with Gasteiger partial charge in [0, 0.05) is 19.8 Å². The highest BCUT2D eigenvalue weighted by Crippen LogP contribution is 2.10. The number of hydrogen-bond donors (Lipinski definition) is 3. The van der Waals surface area contributed by atoms with Crippen LogP contribution in [0, 0.1) is 4.77 Å². The van der Waals surface area contributed by atoms with Gasteiger partial charge in [0.15, 0.2) is 0 Å². The van der Waals surface area contributed by atoms with Gasteiger partial charge in [-0.25, -0.2) is 5.43 Å². The molecule has 0 amide bonds. The average molecular weight is 262 g/mol. The Morgan fingerprint density at radius 2 is 2.00 bits per heavy atom. The van der Waals surface area contributed by atoms with Crippen molar-refractivity contribution in [3.63, 3.8) is 0 Å². The molecule has 0 atom stereocenters. The van der Waals surface area contributed by atoms with Crippen molar-refractivity contribution in [1.29, 1.82) is 0 Å². The van der Waals surface area contributed by atoms with Crippen LogP contribution in [0.25, 0.3) is 0 Å². The van der Waals surface area contributed by atoms with Crippen LogP contribution in [0.1, 0.15) is 5.56 Å². The van der Waals surface area contributed by atoms with Crippen LogP contribution in [0.4, 0.5) is 11.6 Å². The van der Waals surface area contributed by atoms with Gasteiger partial charge in [-0.2, -0.15) is 10.1 Å². The molecule has 1 aromatic heterocycles. The van der Waals surface area contributed by atoms with Gasteiger partial charge in [0.05, 0.1) is 6.21 Å². The first-order chi connectivity index (χ1) is 8.65. The molecule has 3 N–H and O–H groups in total. The van der Waals surface area contributed by atoms with Crippen molar-refractivity contribution in [2.75, 3.05) is 24.4 Å². The van der Waals surface area contributed by atoms with Crippen LogP contribution >= 0.6 is 12.2 Å². The number of aromatic amines is 2. The van der Waals surface area contributed by atoms with Crippen molar-refractivity contribution < 1.29 is 0 Å². The molecule has 18 heavy (non-hydrogen) atoms. The molecule has 0 spiro atoms. The fourth-order valence-electron chi connectivity index (χ4n) is 1.35. The number of nitrogens with one attached hydrogen (secondary N) is 3. The molecule has 94 valence electrons. The molecule has 1 heterocycles. The van der Waals surface area contributed by atoms with Gasteiger partial charge in [0.2, 0.25) is 10.7 Å². The fourth-order valence-corrected chi connectivity index (χ4v) is 1.49. The van der Waals surface area contributed by atoms with Gasteiger partial charge in [0.1, 0.15) is 0 Å². The summed E-state index contributed by atoms with van der Waals surface area (Å²) in [7, 11) is 4.01. The Kier molecular flexibility index (Phi) is 3.73. The predicted molar refractivity (Wildman–Crippen MR) is 75.8 cm³/mol. The maximum Gasteiger partial charge on any atom is 0.238 e. The Hall–Kier alpha value is -2.15. The first-order valence-corrected chi connectivity index (χ1v) is 5.77. The topological polar surface area (TPSA) is 72.1 Å². The second kappa shape index (κ2) is 5.46. The third kappa shape index (κ3) is 3.17. The summed E-state index contributed by atoms with van der Waals surface area (Å²) in [5.74, 6) is 0.487. The highest BCUT2D eigenvalue weighted by atomic mass is 32.1. The van der Waals surface area contributed by atoms with E-state index in [4.69, 9.17) is 12.2 Å². The summed E-state index contributed by atoms with van der Waals surface area (Å²) < 4.78 is 0.392. The van der Waals surface area contributed by atoms with Crippen LogP contribution in [0.2, 0.25) is 0 Å². The standard InChI is InChI=1S/C11H14N6S/c1-17(2)9-5-3-8(4-6-9)7-12-14-10-13-11(18)16-15-10/h3-7H,1-2H3,(H3,13,14,15,16,18)/b12-7-. The zero-order valence-electron chi connectivity index (χ0n) is 10.1. The molecule has 0 radical (unpaired) electrons. The van der Waals surface area contributed by atoms with E-state index >= 15 is 0 Å². The van der Waals surface area contributed by atoms with Crippen molar-refractivity contribution >= 4 is 30.1 Å². The summed E-state index contributed by atoms with van der Waals surface area (Å²) >= 11 is 4.82. The van der Waals surface area contributed by atoms with Crippen molar-refractivity contribution in [3.8, 4) is 0 Å². The van der Waals surface area contributed by atoms with Crippen LogP contribution in [-0.4, -0.2) is 35.5 Å². The molecule has 0 aliphatic rings. The molecule has 2 rings (SSSR count). The fraction of sp³-hybridized carbons (Fsp3) is 0.182. The van der Waals surface area contributed by atoms with Gasteiger partial charge in [-0.05, 0) is 29.9 Å². The molecular formula is C11H14N6S.